The second kappa shape index (κ2) is 7.11. The Bertz CT molecular complexity index is 545. The fourth-order valence-electron chi connectivity index (χ4n) is 2.04. The standard InChI is InChI=1S/C14H16Cl2N2O3/c1-9(14(20)18-4-6-21-7-5-18)17-13(19)10-2-3-11(15)12(16)8-10/h2-3,8-9H,4-7H2,1H3,(H,17,19)/t9-/m0/s1. The number of rotatable bonds is 3. The average molecular weight is 331 g/mol. The number of hydrogen-bond acceptors (Lipinski definition) is 3. The molecule has 1 N–H and O–H groups in total. The molecule has 1 atom stereocenters. The normalized spacial score (nSPS) is 16.4. The van der Waals surface area contributed by atoms with Gasteiger partial charge in [0.15, 0.2) is 0 Å². The number of nitrogens with zero attached hydrogens (tertiary/aromatic N) is 1. The van der Waals surface area contributed by atoms with Crippen LogP contribution in [0.2, 0.25) is 10.0 Å². The number of carbonyl (C=O) groups excluding carboxylic acids is 2. The van der Waals surface area contributed by atoms with E-state index in [1.54, 1.807) is 24.0 Å². The lowest BCUT2D eigenvalue weighted by Crippen LogP contribution is -2.50. The molecule has 1 heterocycles. The molecule has 1 fully saturated rings. The van der Waals surface area contributed by atoms with Crippen LogP contribution in [0.15, 0.2) is 18.2 Å². The maximum atomic E-state index is 12.2. The number of amides is 2. The first-order valence-electron chi connectivity index (χ1n) is 6.61. The van der Waals surface area contributed by atoms with Crippen molar-refractivity contribution in [3.05, 3.63) is 33.8 Å². The summed E-state index contributed by atoms with van der Waals surface area (Å²) in [6.07, 6.45) is 0. The van der Waals surface area contributed by atoms with E-state index in [4.69, 9.17) is 27.9 Å². The number of morpholine rings is 1. The minimum absolute atomic E-state index is 0.119. The van der Waals surface area contributed by atoms with Crippen molar-refractivity contribution in [3.63, 3.8) is 0 Å². The van der Waals surface area contributed by atoms with Crippen LogP contribution in [0.1, 0.15) is 17.3 Å². The second-order valence-electron chi connectivity index (χ2n) is 4.76. The van der Waals surface area contributed by atoms with E-state index < -0.39 is 6.04 Å². The molecule has 0 radical (unpaired) electrons. The van der Waals surface area contributed by atoms with Crippen LogP contribution < -0.4 is 5.32 Å². The van der Waals surface area contributed by atoms with Gasteiger partial charge in [-0.3, -0.25) is 9.59 Å². The molecule has 21 heavy (non-hydrogen) atoms. The zero-order valence-electron chi connectivity index (χ0n) is 11.6. The smallest absolute Gasteiger partial charge is 0.251 e. The summed E-state index contributed by atoms with van der Waals surface area (Å²) in [7, 11) is 0. The molecule has 2 rings (SSSR count). The van der Waals surface area contributed by atoms with E-state index >= 15 is 0 Å². The van der Waals surface area contributed by atoms with Crippen molar-refractivity contribution in [2.24, 2.45) is 0 Å². The summed E-state index contributed by atoms with van der Waals surface area (Å²) in [4.78, 5) is 26.0. The van der Waals surface area contributed by atoms with E-state index in [1.165, 1.54) is 6.07 Å². The Hall–Kier alpha value is -1.30. The lowest BCUT2D eigenvalue weighted by molar-refractivity contribution is -0.136. The highest BCUT2D eigenvalue weighted by molar-refractivity contribution is 6.42. The third-order valence-corrected chi connectivity index (χ3v) is 3.96. The first kappa shape index (κ1) is 16.1. The van der Waals surface area contributed by atoms with Gasteiger partial charge in [0.2, 0.25) is 5.91 Å². The first-order chi connectivity index (χ1) is 9.99. The summed E-state index contributed by atoms with van der Waals surface area (Å²) in [5.41, 5.74) is 0.367. The molecule has 0 aromatic heterocycles. The molecule has 0 saturated carbocycles. The van der Waals surface area contributed by atoms with Gasteiger partial charge in [-0.2, -0.15) is 0 Å². The van der Waals surface area contributed by atoms with Gasteiger partial charge in [0.05, 0.1) is 23.3 Å². The van der Waals surface area contributed by atoms with E-state index in [1.807, 2.05) is 0 Å². The molecule has 0 aliphatic carbocycles. The van der Waals surface area contributed by atoms with Gasteiger partial charge in [-0.25, -0.2) is 0 Å². The third kappa shape index (κ3) is 4.09. The van der Waals surface area contributed by atoms with E-state index in [0.29, 0.717) is 41.9 Å². The summed E-state index contributed by atoms with van der Waals surface area (Å²) >= 11 is 11.7. The lowest BCUT2D eigenvalue weighted by Gasteiger charge is -2.29. The molecule has 1 aliphatic heterocycles. The summed E-state index contributed by atoms with van der Waals surface area (Å²) in [6, 6.07) is 3.98. The summed E-state index contributed by atoms with van der Waals surface area (Å²) in [5.74, 6) is -0.477. The van der Waals surface area contributed by atoms with Gasteiger partial charge in [0.25, 0.3) is 5.91 Å². The molecular formula is C14H16Cl2N2O3. The lowest BCUT2D eigenvalue weighted by atomic mass is 10.2. The molecule has 1 saturated heterocycles. The van der Waals surface area contributed by atoms with Gasteiger partial charge in [-0.1, -0.05) is 23.2 Å². The van der Waals surface area contributed by atoms with Crippen molar-refractivity contribution in [1.82, 2.24) is 10.2 Å². The van der Waals surface area contributed by atoms with Crippen LogP contribution in [0.25, 0.3) is 0 Å². The van der Waals surface area contributed by atoms with Crippen LogP contribution in [0.4, 0.5) is 0 Å². The molecule has 7 heteroatoms. The Morgan fingerprint density at radius 1 is 1.24 bits per heavy atom. The van der Waals surface area contributed by atoms with Crippen LogP contribution in [-0.2, 0) is 9.53 Å². The Kier molecular flexibility index (Phi) is 5.45. The SMILES string of the molecule is C[C@H](NC(=O)c1ccc(Cl)c(Cl)c1)C(=O)N1CCOCC1. The Morgan fingerprint density at radius 3 is 2.52 bits per heavy atom. The number of ether oxygens (including phenoxy) is 1. The molecule has 0 unspecified atom stereocenters. The van der Waals surface area contributed by atoms with Gasteiger partial charge in [-0.15, -0.1) is 0 Å². The van der Waals surface area contributed by atoms with Gasteiger partial charge in [-0.05, 0) is 25.1 Å². The Labute approximate surface area is 133 Å². The number of benzene rings is 1. The first-order valence-corrected chi connectivity index (χ1v) is 7.37. The zero-order valence-corrected chi connectivity index (χ0v) is 13.1. The van der Waals surface area contributed by atoms with E-state index in [-0.39, 0.29) is 11.8 Å². The number of nitrogens with one attached hydrogen (secondary N) is 1. The summed E-state index contributed by atoms with van der Waals surface area (Å²) in [5, 5.41) is 3.35. The van der Waals surface area contributed by atoms with Crippen molar-refractivity contribution in [2.45, 2.75) is 13.0 Å². The highest BCUT2D eigenvalue weighted by Crippen LogP contribution is 2.22. The summed E-state index contributed by atoms with van der Waals surface area (Å²) < 4.78 is 5.20. The average Bonchev–Trinajstić information content (AvgIpc) is 2.50. The molecule has 1 aromatic carbocycles. The topological polar surface area (TPSA) is 58.6 Å². The van der Waals surface area contributed by atoms with E-state index in [2.05, 4.69) is 5.32 Å². The fraction of sp³-hybridized carbons (Fsp3) is 0.429. The number of carbonyl (C=O) groups is 2. The van der Waals surface area contributed by atoms with Gasteiger partial charge >= 0.3 is 0 Å². The van der Waals surface area contributed by atoms with Gasteiger partial charge < -0.3 is 15.0 Å². The second-order valence-corrected chi connectivity index (χ2v) is 5.58. The minimum Gasteiger partial charge on any atom is -0.378 e. The molecular weight excluding hydrogens is 315 g/mol. The molecule has 1 aromatic rings. The van der Waals surface area contributed by atoms with Gasteiger partial charge in [0, 0.05) is 18.7 Å². The molecule has 5 nitrogen and oxygen atoms in total. The van der Waals surface area contributed by atoms with Crippen molar-refractivity contribution < 1.29 is 14.3 Å². The van der Waals surface area contributed by atoms with Crippen LogP contribution in [0.5, 0.6) is 0 Å². The zero-order chi connectivity index (χ0) is 15.4. The van der Waals surface area contributed by atoms with Crippen molar-refractivity contribution >= 4 is 35.0 Å². The predicted molar refractivity (Wildman–Crippen MR) is 80.8 cm³/mol. The molecule has 114 valence electrons. The summed E-state index contributed by atoms with van der Waals surface area (Å²) in [6.45, 7) is 3.81. The van der Waals surface area contributed by atoms with Crippen LogP contribution in [0, 0.1) is 0 Å². The number of hydrogen-bond donors (Lipinski definition) is 1. The molecule has 0 spiro atoms. The minimum atomic E-state index is -0.606. The Balaban J connectivity index is 1.97. The maximum Gasteiger partial charge on any atom is 0.251 e. The number of halogens is 2. The fourth-order valence-corrected chi connectivity index (χ4v) is 2.33. The molecule has 1 aliphatic rings. The van der Waals surface area contributed by atoms with Crippen molar-refractivity contribution in [3.8, 4) is 0 Å². The highest BCUT2D eigenvalue weighted by atomic mass is 35.5. The van der Waals surface area contributed by atoms with E-state index in [0.717, 1.165) is 0 Å². The van der Waals surface area contributed by atoms with Crippen molar-refractivity contribution in [2.75, 3.05) is 26.3 Å². The highest BCUT2D eigenvalue weighted by Gasteiger charge is 2.24. The largest absolute Gasteiger partial charge is 0.378 e. The Morgan fingerprint density at radius 2 is 1.90 bits per heavy atom. The quantitative estimate of drug-likeness (QED) is 0.921. The molecule has 0 bridgehead atoms. The van der Waals surface area contributed by atoms with Crippen LogP contribution in [0.3, 0.4) is 0 Å². The monoisotopic (exact) mass is 330 g/mol. The van der Waals surface area contributed by atoms with Gasteiger partial charge in [0.1, 0.15) is 6.04 Å². The van der Waals surface area contributed by atoms with Crippen molar-refractivity contribution in [1.29, 1.82) is 0 Å². The van der Waals surface area contributed by atoms with E-state index in [9.17, 15) is 9.59 Å². The molecule has 2 amide bonds. The third-order valence-electron chi connectivity index (χ3n) is 3.22. The van der Waals surface area contributed by atoms with Crippen LogP contribution >= 0.6 is 23.2 Å². The maximum absolute atomic E-state index is 12.2. The predicted octanol–water partition coefficient (Wildman–Crippen LogP) is 1.97. The van der Waals surface area contributed by atoms with Crippen LogP contribution in [-0.4, -0.2) is 49.1 Å².